The van der Waals surface area contributed by atoms with Gasteiger partial charge < -0.3 is 20.1 Å². The number of nitro benzene ring substituents is 1. The summed E-state index contributed by atoms with van der Waals surface area (Å²) >= 11 is 0. The average molecular weight is 280 g/mol. The number of benzene rings is 1. The number of nitrogens with zero attached hydrogens (tertiary/aromatic N) is 2. The maximum absolute atomic E-state index is 11.0. The van der Waals surface area contributed by atoms with Gasteiger partial charge in [-0.1, -0.05) is 0 Å². The molecule has 1 heterocycles. The first-order chi connectivity index (χ1) is 9.60. The molecule has 0 bridgehead atoms. The van der Waals surface area contributed by atoms with Crippen LogP contribution < -0.4 is 10.6 Å². The molecular weight excluding hydrogens is 264 g/mol. The Labute approximate surface area is 115 Å². The van der Waals surface area contributed by atoms with E-state index in [1.54, 1.807) is 20.4 Å². The lowest BCUT2D eigenvalue weighted by atomic mass is 10.1. The van der Waals surface area contributed by atoms with Crippen LogP contribution in [0.3, 0.4) is 0 Å². The molecule has 1 aromatic carbocycles. The number of nitrogens with one attached hydrogen (secondary N) is 2. The van der Waals surface area contributed by atoms with Crippen molar-refractivity contribution in [2.45, 2.75) is 12.5 Å². The fourth-order valence-electron chi connectivity index (χ4n) is 2.08. The van der Waals surface area contributed by atoms with E-state index >= 15 is 0 Å². The number of rotatable bonds is 4. The molecule has 0 saturated carbocycles. The van der Waals surface area contributed by atoms with E-state index in [4.69, 9.17) is 9.47 Å². The zero-order valence-electron chi connectivity index (χ0n) is 11.4. The summed E-state index contributed by atoms with van der Waals surface area (Å²) in [5, 5.41) is 17.2. The van der Waals surface area contributed by atoms with Gasteiger partial charge in [0.15, 0.2) is 12.5 Å². The Morgan fingerprint density at radius 3 is 2.50 bits per heavy atom. The molecule has 2 unspecified atom stereocenters. The predicted molar refractivity (Wildman–Crippen MR) is 75.5 cm³/mol. The number of methoxy groups -OCH3 is 2. The highest BCUT2D eigenvalue weighted by Crippen LogP contribution is 2.35. The summed E-state index contributed by atoms with van der Waals surface area (Å²) in [7, 11) is 4.69. The lowest BCUT2D eigenvalue weighted by Crippen LogP contribution is -2.45. The number of non-ortho nitro benzene ring substituents is 1. The molecule has 2 N–H and O–H groups in total. The third-order valence-electron chi connectivity index (χ3n) is 3.00. The number of hydrogen-bond donors (Lipinski definition) is 2. The summed E-state index contributed by atoms with van der Waals surface area (Å²) in [5.74, 6) is 0. The van der Waals surface area contributed by atoms with E-state index in [0.717, 1.165) is 0 Å². The highest BCUT2D eigenvalue weighted by molar-refractivity contribution is 5.95. The van der Waals surface area contributed by atoms with E-state index < -0.39 is 17.4 Å². The molecule has 0 amide bonds. The number of aliphatic imine (C=N–C) groups is 1. The fraction of sp³-hybridized carbons (Fsp3) is 0.417. The molecule has 0 aromatic heterocycles. The topological polar surface area (TPSA) is 98.0 Å². The summed E-state index contributed by atoms with van der Waals surface area (Å²) in [4.78, 5) is 14.4. The van der Waals surface area contributed by atoms with Crippen molar-refractivity contribution in [3.8, 4) is 0 Å². The number of hydrogen-bond acceptors (Lipinski definition) is 7. The molecule has 8 nitrogen and oxygen atoms in total. The highest BCUT2D eigenvalue weighted by Gasteiger charge is 2.30. The van der Waals surface area contributed by atoms with Crippen LogP contribution in [0.25, 0.3) is 0 Å². The van der Waals surface area contributed by atoms with Crippen LogP contribution in [-0.4, -0.2) is 44.9 Å². The number of fused-ring (bicyclic) bond motifs is 1. The van der Waals surface area contributed by atoms with Crippen LogP contribution in [0.1, 0.15) is 5.56 Å². The smallest absolute Gasteiger partial charge is 0.272 e. The van der Waals surface area contributed by atoms with Gasteiger partial charge in [-0.3, -0.25) is 15.1 Å². The van der Waals surface area contributed by atoms with Gasteiger partial charge in [0.2, 0.25) is 0 Å². The SMILES string of the molecule is C/N=C/c1cc([N+](=O)[O-])cc2c1NC(OC)C(OC)N2. The second-order valence-electron chi connectivity index (χ2n) is 4.20. The first kappa shape index (κ1) is 14.2. The second kappa shape index (κ2) is 5.85. The molecule has 0 saturated heterocycles. The van der Waals surface area contributed by atoms with Crippen molar-refractivity contribution >= 4 is 23.3 Å². The summed E-state index contributed by atoms with van der Waals surface area (Å²) in [6.45, 7) is 0. The quantitative estimate of drug-likeness (QED) is 0.492. The highest BCUT2D eigenvalue weighted by atomic mass is 16.6. The van der Waals surface area contributed by atoms with E-state index in [2.05, 4.69) is 15.6 Å². The van der Waals surface area contributed by atoms with E-state index in [1.165, 1.54) is 19.2 Å². The molecule has 0 radical (unpaired) electrons. The summed E-state index contributed by atoms with van der Waals surface area (Å²) in [5.41, 5.74) is 1.87. The van der Waals surface area contributed by atoms with Gasteiger partial charge in [0.1, 0.15) is 0 Å². The predicted octanol–water partition coefficient (Wildman–Crippen LogP) is 1.43. The molecule has 1 aromatic rings. The third kappa shape index (κ3) is 2.56. The Morgan fingerprint density at radius 2 is 1.95 bits per heavy atom. The second-order valence-corrected chi connectivity index (χ2v) is 4.20. The lowest BCUT2D eigenvalue weighted by Gasteiger charge is -2.34. The zero-order chi connectivity index (χ0) is 14.7. The number of ether oxygens (including phenoxy) is 2. The summed E-state index contributed by atoms with van der Waals surface area (Å²) in [6, 6.07) is 2.91. The number of anilines is 2. The van der Waals surface area contributed by atoms with E-state index in [0.29, 0.717) is 16.9 Å². The van der Waals surface area contributed by atoms with Gasteiger partial charge in [-0.05, 0) is 0 Å². The Kier molecular flexibility index (Phi) is 4.16. The molecule has 0 aliphatic carbocycles. The molecule has 0 spiro atoms. The minimum atomic E-state index is -0.445. The van der Waals surface area contributed by atoms with Crippen LogP contribution in [-0.2, 0) is 9.47 Å². The van der Waals surface area contributed by atoms with Crippen LogP contribution in [0.15, 0.2) is 17.1 Å². The van der Waals surface area contributed by atoms with Gasteiger partial charge in [-0.2, -0.15) is 0 Å². The van der Waals surface area contributed by atoms with E-state index in [9.17, 15) is 10.1 Å². The first-order valence-corrected chi connectivity index (χ1v) is 5.94. The van der Waals surface area contributed by atoms with Crippen LogP contribution in [0.4, 0.5) is 17.1 Å². The van der Waals surface area contributed by atoms with Crippen molar-refractivity contribution in [1.82, 2.24) is 0 Å². The summed E-state index contributed by atoms with van der Waals surface area (Å²) in [6.07, 6.45) is 0.708. The molecule has 0 fully saturated rings. The van der Waals surface area contributed by atoms with Crippen molar-refractivity contribution in [3.05, 3.63) is 27.8 Å². The Morgan fingerprint density at radius 1 is 1.30 bits per heavy atom. The van der Waals surface area contributed by atoms with Crippen molar-refractivity contribution in [3.63, 3.8) is 0 Å². The van der Waals surface area contributed by atoms with Gasteiger partial charge in [0, 0.05) is 45.2 Å². The van der Waals surface area contributed by atoms with Crippen molar-refractivity contribution in [2.24, 2.45) is 4.99 Å². The normalized spacial score (nSPS) is 21.1. The van der Waals surface area contributed by atoms with Gasteiger partial charge in [0.05, 0.1) is 16.3 Å². The Bertz CT molecular complexity index is 547. The first-order valence-electron chi connectivity index (χ1n) is 5.94. The molecule has 2 rings (SSSR count). The largest absolute Gasteiger partial charge is 0.357 e. The third-order valence-corrected chi connectivity index (χ3v) is 3.00. The maximum Gasteiger partial charge on any atom is 0.272 e. The van der Waals surface area contributed by atoms with Gasteiger partial charge in [-0.25, -0.2) is 0 Å². The molecule has 20 heavy (non-hydrogen) atoms. The minimum absolute atomic E-state index is 0.0151. The van der Waals surface area contributed by atoms with Crippen LogP contribution in [0.5, 0.6) is 0 Å². The minimum Gasteiger partial charge on any atom is -0.357 e. The molecule has 8 heteroatoms. The lowest BCUT2D eigenvalue weighted by molar-refractivity contribution is -0.384. The van der Waals surface area contributed by atoms with Crippen LogP contribution >= 0.6 is 0 Å². The Balaban J connectivity index is 2.51. The van der Waals surface area contributed by atoms with Gasteiger partial charge in [-0.15, -0.1) is 0 Å². The molecule has 1 aliphatic heterocycles. The van der Waals surface area contributed by atoms with Crippen molar-refractivity contribution in [2.75, 3.05) is 31.9 Å². The van der Waals surface area contributed by atoms with Crippen LogP contribution in [0, 0.1) is 10.1 Å². The molecule has 1 aliphatic rings. The van der Waals surface area contributed by atoms with E-state index in [1.807, 2.05) is 0 Å². The fourth-order valence-corrected chi connectivity index (χ4v) is 2.08. The summed E-state index contributed by atoms with van der Waals surface area (Å²) < 4.78 is 10.5. The number of nitro groups is 1. The van der Waals surface area contributed by atoms with Crippen LogP contribution in [0.2, 0.25) is 0 Å². The van der Waals surface area contributed by atoms with Crippen molar-refractivity contribution < 1.29 is 14.4 Å². The van der Waals surface area contributed by atoms with Crippen molar-refractivity contribution in [1.29, 1.82) is 0 Å². The average Bonchev–Trinajstić information content (AvgIpc) is 2.45. The van der Waals surface area contributed by atoms with Gasteiger partial charge in [0.25, 0.3) is 5.69 Å². The molecular formula is C12H16N4O4. The Hall–Kier alpha value is -2.19. The maximum atomic E-state index is 11.0. The zero-order valence-corrected chi connectivity index (χ0v) is 11.4. The molecule has 2 atom stereocenters. The standard InChI is InChI=1S/C12H16N4O4/c1-13-6-7-4-8(16(17)18)5-9-10(7)15-12(20-3)11(14-9)19-2/h4-6,11-12,14-15H,1-3H3/b13-6+. The van der Waals surface area contributed by atoms with Gasteiger partial charge >= 0.3 is 0 Å². The monoisotopic (exact) mass is 280 g/mol. The van der Waals surface area contributed by atoms with E-state index in [-0.39, 0.29) is 5.69 Å². The molecule has 108 valence electrons.